The molecule has 2 aromatic heterocycles. The zero-order valence-corrected chi connectivity index (χ0v) is 19.5. The van der Waals surface area contributed by atoms with E-state index in [0.29, 0.717) is 22.7 Å². The predicted octanol–water partition coefficient (Wildman–Crippen LogP) is 4.96. The molecular formula is C25H23N5O6. The summed E-state index contributed by atoms with van der Waals surface area (Å²) in [5.74, 6) is 0.0221. The van der Waals surface area contributed by atoms with E-state index in [0.717, 1.165) is 37.9 Å². The number of hydrogen-bond donors (Lipinski definition) is 0. The maximum atomic E-state index is 12.6. The van der Waals surface area contributed by atoms with E-state index in [1.54, 1.807) is 13.0 Å². The van der Waals surface area contributed by atoms with E-state index in [9.17, 15) is 14.9 Å². The van der Waals surface area contributed by atoms with Crippen molar-refractivity contribution in [2.24, 2.45) is 0 Å². The molecule has 1 saturated heterocycles. The number of piperidine rings is 1. The number of esters is 1. The van der Waals surface area contributed by atoms with E-state index in [2.05, 4.69) is 15.4 Å². The molecule has 11 nitrogen and oxygen atoms in total. The number of hydrogen-bond acceptors (Lipinski definition) is 10. The van der Waals surface area contributed by atoms with Gasteiger partial charge in [0.15, 0.2) is 6.61 Å². The molecule has 36 heavy (non-hydrogen) atoms. The topological polar surface area (TPSA) is 138 Å². The van der Waals surface area contributed by atoms with Crippen LogP contribution in [0.2, 0.25) is 0 Å². The van der Waals surface area contributed by atoms with Gasteiger partial charge in [-0.1, -0.05) is 35.5 Å². The molecule has 0 spiro atoms. The Morgan fingerprint density at radius 3 is 2.64 bits per heavy atom. The van der Waals surface area contributed by atoms with Crippen molar-refractivity contribution in [3.63, 3.8) is 0 Å². The Balaban J connectivity index is 1.30. The third-order valence-corrected chi connectivity index (χ3v) is 6.02. The van der Waals surface area contributed by atoms with E-state index in [4.69, 9.17) is 13.7 Å². The summed E-state index contributed by atoms with van der Waals surface area (Å²) >= 11 is 0. The van der Waals surface area contributed by atoms with Crippen molar-refractivity contribution < 1.29 is 23.4 Å². The van der Waals surface area contributed by atoms with Crippen LogP contribution in [0.15, 0.2) is 57.5 Å². The summed E-state index contributed by atoms with van der Waals surface area (Å²) in [6.45, 7) is 2.95. The molecule has 1 aliphatic heterocycles. The quantitative estimate of drug-likeness (QED) is 0.199. The van der Waals surface area contributed by atoms with Crippen LogP contribution in [0.3, 0.4) is 0 Å². The van der Waals surface area contributed by atoms with Gasteiger partial charge in [0.25, 0.3) is 17.5 Å². The van der Waals surface area contributed by atoms with Crippen LogP contribution in [0.1, 0.15) is 41.3 Å². The number of nitro benzene ring substituents is 1. The fourth-order valence-corrected chi connectivity index (χ4v) is 4.24. The Labute approximate surface area is 205 Å². The maximum absolute atomic E-state index is 12.6. The minimum absolute atomic E-state index is 0.0670. The first-order valence-corrected chi connectivity index (χ1v) is 11.6. The number of aryl methyl sites for hydroxylation is 1. The van der Waals surface area contributed by atoms with Crippen molar-refractivity contribution in [1.82, 2.24) is 15.4 Å². The summed E-state index contributed by atoms with van der Waals surface area (Å²) in [4.78, 5) is 25.8. The predicted molar refractivity (Wildman–Crippen MR) is 128 cm³/mol. The van der Waals surface area contributed by atoms with Gasteiger partial charge in [-0.3, -0.25) is 10.1 Å². The Kier molecular flexibility index (Phi) is 6.44. The van der Waals surface area contributed by atoms with Gasteiger partial charge in [0.1, 0.15) is 22.7 Å². The molecule has 0 bridgehead atoms. The summed E-state index contributed by atoms with van der Waals surface area (Å²) in [5, 5.41) is 23.8. The maximum Gasteiger partial charge on any atom is 0.338 e. The summed E-state index contributed by atoms with van der Waals surface area (Å²) < 4.78 is 16.3. The summed E-state index contributed by atoms with van der Waals surface area (Å²) in [6.07, 6.45) is 3.07. The Morgan fingerprint density at radius 2 is 1.89 bits per heavy atom. The molecule has 2 aromatic carbocycles. The Bertz CT molecular complexity index is 1390. The van der Waals surface area contributed by atoms with Crippen LogP contribution in [0.5, 0.6) is 0 Å². The van der Waals surface area contributed by atoms with Crippen LogP contribution in [0.25, 0.3) is 22.7 Å². The average molecular weight is 489 g/mol. The van der Waals surface area contributed by atoms with Gasteiger partial charge < -0.3 is 18.6 Å². The van der Waals surface area contributed by atoms with Crippen LogP contribution in [-0.4, -0.2) is 39.3 Å². The highest BCUT2D eigenvalue weighted by atomic mass is 16.6. The molecule has 0 unspecified atom stereocenters. The van der Waals surface area contributed by atoms with Crippen LogP contribution < -0.4 is 4.90 Å². The lowest BCUT2D eigenvalue weighted by atomic mass is 10.1. The molecule has 1 aliphatic rings. The smallest absolute Gasteiger partial charge is 0.338 e. The lowest BCUT2D eigenvalue weighted by Crippen LogP contribution is -2.30. The van der Waals surface area contributed by atoms with Gasteiger partial charge in [-0.2, -0.15) is 0 Å². The average Bonchev–Trinajstić information content (AvgIpc) is 3.54. The highest BCUT2D eigenvalue weighted by molar-refractivity contribution is 5.91. The summed E-state index contributed by atoms with van der Waals surface area (Å²) in [6, 6.07) is 13.8. The van der Waals surface area contributed by atoms with Gasteiger partial charge in [-0.25, -0.2) is 4.79 Å². The molecule has 184 valence electrons. The minimum Gasteiger partial charge on any atom is -0.452 e. The van der Waals surface area contributed by atoms with Crippen molar-refractivity contribution in [2.75, 3.05) is 18.0 Å². The van der Waals surface area contributed by atoms with Crippen molar-refractivity contribution in [3.8, 4) is 22.7 Å². The first kappa shape index (κ1) is 23.2. The van der Waals surface area contributed by atoms with Crippen LogP contribution in [-0.2, 0) is 11.3 Å². The highest BCUT2D eigenvalue weighted by Gasteiger charge is 2.25. The van der Waals surface area contributed by atoms with Gasteiger partial charge in [-0.05, 0) is 38.3 Å². The number of anilines is 1. The van der Waals surface area contributed by atoms with Crippen molar-refractivity contribution in [1.29, 1.82) is 0 Å². The molecule has 0 saturated carbocycles. The van der Waals surface area contributed by atoms with Gasteiger partial charge in [0.05, 0.1) is 10.5 Å². The zero-order chi connectivity index (χ0) is 25.1. The molecule has 0 amide bonds. The van der Waals surface area contributed by atoms with E-state index in [-0.39, 0.29) is 29.6 Å². The normalized spacial score (nSPS) is 13.5. The molecule has 0 atom stereocenters. The van der Waals surface area contributed by atoms with E-state index >= 15 is 0 Å². The fraction of sp³-hybridized carbons (Fsp3) is 0.280. The standard InChI is InChI=1S/C25H23N5O6/c1-16-22(23(28-36-16)17-8-4-2-5-9-17)24-27-26-21(35-24)15-34-25(31)18-10-11-19(20(14-18)30(32)33)29-12-6-3-7-13-29/h2,4-5,8-11,14H,3,6-7,12-13,15H2,1H3. The van der Waals surface area contributed by atoms with E-state index in [1.165, 1.54) is 12.1 Å². The molecule has 4 aromatic rings. The molecule has 0 aliphatic carbocycles. The highest BCUT2D eigenvalue weighted by Crippen LogP contribution is 2.34. The number of aromatic nitrogens is 3. The fourth-order valence-electron chi connectivity index (χ4n) is 4.24. The molecule has 0 radical (unpaired) electrons. The van der Waals surface area contributed by atoms with Crippen LogP contribution in [0.4, 0.5) is 11.4 Å². The van der Waals surface area contributed by atoms with Crippen molar-refractivity contribution >= 4 is 17.3 Å². The second kappa shape index (κ2) is 9.98. The van der Waals surface area contributed by atoms with Crippen molar-refractivity contribution in [3.05, 3.63) is 75.9 Å². The molecule has 3 heterocycles. The molecule has 1 fully saturated rings. The second-order valence-electron chi connectivity index (χ2n) is 8.41. The third kappa shape index (κ3) is 4.67. The largest absolute Gasteiger partial charge is 0.452 e. The molecule has 5 rings (SSSR count). The first-order valence-electron chi connectivity index (χ1n) is 11.6. The van der Waals surface area contributed by atoms with E-state index in [1.807, 2.05) is 35.2 Å². The van der Waals surface area contributed by atoms with Crippen LogP contribution >= 0.6 is 0 Å². The number of carbonyl (C=O) groups excluding carboxylic acids is 1. The van der Waals surface area contributed by atoms with Gasteiger partial charge in [0, 0.05) is 24.7 Å². The monoisotopic (exact) mass is 489 g/mol. The number of nitro groups is 1. The van der Waals surface area contributed by atoms with Gasteiger partial charge in [0.2, 0.25) is 0 Å². The van der Waals surface area contributed by atoms with Crippen LogP contribution in [0, 0.1) is 17.0 Å². The van der Waals surface area contributed by atoms with E-state index < -0.39 is 10.9 Å². The Morgan fingerprint density at radius 1 is 1.11 bits per heavy atom. The number of carbonyl (C=O) groups is 1. The summed E-state index contributed by atoms with van der Waals surface area (Å²) in [5.41, 5.74) is 2.39. The third-order valence-electron chi connectivity index (χ3n) is 6.02. The number of nitrogens with zero attached hydrogens (tertiary/aromatic N) is 5. The molecule has 11 heteroatoms. The minimum atomic E-state index is -0.728. The van der Waals surface area contributed by atoms with Gasteiger partial charge in [-0.15, -0.1) is 10.2 Å². The van der Waals surface area contributed by atoms with Crippen molar-refractivity contribution in [2.45, 2.75) is 32.8 Å². The molecule has 0 N–H and O–H groups in total. The number of ether oxygens (including phenoxy) is 1. The zero-order valence-electron chi connectivity index (χ0n) is 19.5. The summed E-state index contributed by atoms with van der Waals surface area (Å²) in [7, 11) is 0. The number of rotatable bonds is 7. The lowest BCUT2D eigenvalue weighted by Gasteiger charge is -2.28. The second-order valence-corrected chi connectivity index (χ2v) is 8.41. The van der Waals surface area contributed by atoms with Gasteiger partial charge >= 0.3 is 5.97 Å². The Hall–Kier alpha value is -4.54. The number of benzene rings is 2. The first-order chi connectivity index (χ1) is 17.5. The SMILES string of the molecule is Cc1onc(-c2ccccc2)c1-c1nnc(COC(=O)c2ccc(N3CCCCC3)c([N+](=O)[O-])c2)o1. The lowest BCUT2D eigenvalue weighted by molar-refractivity contribution is -0.384. The molecular weight excluding hydrogens is 466 g/mol.